The minimum Gasteiger partial charge on any atom is -0.464 e. The first-order valence-corrected chi connectivity index (χ1v) is 9.22. The van der Waals surface area contributed by atoms with Crippen LogP contribution in [-0.2, 0) is 14.3 Å². The summed E-state index contributed by atoms with van der Waals surface area (Å²) in [5.41, 5.74) is -1.69. The largest absolute Gasteiger partial charge is 0.464 e. The molecule has 0 radical (unpaired) electrons. The van der Waals surface area contributed by atoms with Crippen molar-refractivity contribution < 1.29 is 19.1 Å². The van der Waals surface area contributed by atoms with Crippen LogP contribution in [0.5, 0.6) is 0 Å². The molecule has 1 rings (SSSR count). The number of esters is 1. The summed E-state index contributed by atoms with van der Waals surface area (Å²) >= 11 is 0. The molecule has 5 heteroatoms. The summed E-state index contributed by atoms with van der Waals surface area (Å²) in [5.74, 6) is 0.871. The fourth-order valence-electron chi connectivity index (χ4n) is 3.08. The van der Waals surface area contributed by atoms with E-state index in [2.05, 4.69) is 12.2 Å². The molecule has 5 nitrogen and oxygen atoms in total. The highest BCUT2D eigenvalue weighted by molar-refractivity contribution is 5.84. The molecular formula is C19H35NO4. The molecule has 1 fully saturated rings. The second-order valence-electron chi connectivity index (χ2n) is 8.53. The van der Waals surface area contributed by atoms with Crippen LogP contribution in [0.25, 0.3) is 0 Å². The normalized spacial score (nSPS) is 21.9. The van der Waals surface area contributed by atoms with Crippen LogP contribution in [0.3, 0.4) is 0 Å². The number of nitrogens with one attached hydrogen (secondary N) is 1. The van der Waals surface area contributed by atoms with Crippen molar-refractivity contribution in [2.24, 2.45) is 11.8 Å². The lowest BCUT2D eigenvalue weighted by atomic mass is 9.80. The zero-order chi connectivity index (χ0) is 18.4. The molecule has 1 aliphatic rings. The Kier molecular flexibility index (Phi) is 7.56. The average molecular weight is 341 g/mol. The topological polar surface area (TPSA) is 64.6 Å². The van der Waals surface area contributed by atoms with Gasteiger partial charge >= 0.3 is 12.1 Å². The summed E-state index contributed by atoms with van der Waals surface area (Å²) in [4.78, 5) is 24.1. The zero-order valence-corrected chi connectivity index (χ0v) is 16.2. The molecule has 140 valence electrons. The van der Waals surface area contributed by atoms with Crippen molar-refractivity contribution >= 4 is 12.1 Å². The van der Waals surface area contributed by atoms with E-state index in [-0.39, 0.29) is 0 Å². The van der Waals surface area contributed by atoms with Crippen molar-refractivity contribution in [1.82, 2.24) is 5.32 Å². The van der Waals surface area contributed by atoms with Crippen molar-refractivity contribution in [2.45, 2.75) is 91.2 Å². The second kappa shape index (κ2) is 8.72. The minimum atomic E-state index is -1.10. The number of hydrogen-bond donors (Lipinski definition) is 1. The molecule has 0 bridgehead atoms. The smallest absolute Gasteiger partial charge is 0.408 e. The fourth-order valence-corrected chi connectivity index (χ4v) is 3.08. The van der Waals surface area contributed by atoms with Crippen molar-refractivity contribution in [1.29, 1.82) is 0 Å². The van der Waals surface area contributed by atoms with Crippen LogP contribution in [0, 0.1) is 11.8 Å². The summed E-state index contributed by atoms with van der Waals surface area (Å²) in [6.45, 7) is 11.3. The van der Waals surface area contributed by atoms with Crippen LogP contribution in [0.1, 0.15) is 80.1 Å². The summed E-state index contributed by atoms with van der Waals surface area (Å²) in [5, 5.41) is 2.59. The number of carbonyl (C=O) groups is 2. The summed E-state index contributed by atoms with van der Waals surface area (Å²) in [7, 11) is 0. The lowest BCUT2D eigenvalue weighted by molar-refractivity contribution is -0.152. The molecule has 0 aromatic carbocycles. The monoisotopic (exact) mass is 341 g/mol. The van der Waals surface area contributed by atoms with Crippen molar-refractivity contribution in [3.05, 3.63) is 0 Å². The van der Waals surface area contributed by atoms with Crippen LogP contribution < -0.4 is 5.32 Å². The summed E-state index contributed by atoms with van der Waals surface area (Å²) < 4.78 is 10.7. The molecule has 1 saturated carbocycles. The van der Waals surface area contributed by atoms with E-state index in [1.54, 1.807) is 34.6 Å². The minimum absolute atomic E-state index is 0.413. The predicted octanol–water partition coefficient (Wildman–Crippen LogP) is 4.44. The molecule has 0 spiro atoms. The molecule has 0 atom stereocenters. The van der Waals surface area contributed by atoms with Gasteiger partial charge in [0.2, 0.25) is 0 Å². The number of carbonyl (C=O) groups excluding carboxylic acids is 2. The third-order valence-corrected chi connectivity index (χ3v) is 4.44. The Balaban J connectivity index is 2.37. The number of ether oxygens (including phenoxy) is 2. The van der Waals surface area contributed by atoms with Gasteiger partial charge in [-0.3, -0.25) is 0 Å². The highest BCUT2D eigenvalue weighted by Crippen LogP contribution is 2.31. The Labute approximate surface area is 146 Å². The van der Waals surface area contributed by atoms with Gasteiger partial charge in [-0.05, 0) is 59.3 Å². The van der Waals surface area contributed by atoms with Gasteiger partial charge in [0.05, 0.1) is 6.61 Å². The van der Waals surface area contributed by atoms with Gasteiger partial charge in [-0.15, -0.1) is 0 Å². The zero-order valence-electron chi connectivity index (χ0n) is 16.2. The number of rotatable bonds is 6. The highest BCUT2D eigenvalue weighted by atomic mass is 16.6. The van der Waals surface area contributed by atoms with Gasteiger partial charge < -0.3 is 14.8 Å². The van der Waals surface area contributed by atoms with E-state index >= 15 is 0 Å². The maximum atomic E-state index is 12.3. The molecule has 1 aliphatic carbocycles. The summed E-state index contributed by atoms with van der Waals surface area (Å²) in [6.07, 6.45) is 6.65. The Hall–Kier alpha value is -1.26. The maximum Gasteiger partial charge on any atom is 0.408 e. The van der Waals surface area contributed by atoms with E-state index in [1.165, 1.54) is 25.7 Å². The van der Waals surface area contributed by atoms with Crippen LogP contribution in [0.15, 0.2) is 0 Å². The van der Waals surface area contributed by atoms with Gasteiger partial charge in [-0.2, -0.15) is 0 Å². The molecule has 0 saturated heterocycles. The Bertz CT molecular complexity index is 418. The van der Waals surface area contributed by atoms with Gasteiger partial charge in [0.15, 0.2) is 0 Å². The number of hydrogen-bond acceptors (Lipinski definition) is 4. The molecular weight excluding hydrogens is 306 g/mol. The lowest BCUT2D eigenvalue weighted by Gasteiger charge is -2.30. The molecule has 24 heavy (non-hydrogen) atoms. The first kappa shape index (κ1) is 20.8. The average Bonchev–Trinajstić information content (AvgIpc) is 2.43. The van der Waals surface area contributed by atoms with E-state index in [9.17, 15) is 9.59 Å². The molecule has 1 amide bonds. The predicted molar refractivity (Wildman–Crippen MR) is 94.8 cm³/mol. The van der Waals surface area contributed by atoms with Gasteiger partial charge in [0.25, 0.3) is 0 Å². The van der Waals surface area contributed by atoms with E-state index in [0.717, 1.165) is 18.8 Å². The molecule has 1 N–H and O–H groups in total. The molecule has 0 aromatic heterocycles. The van der Waals surface area contributed by atoms with Crippen LogP contribution in [-0.4, -0.2) is 29.8 Å². The van der Waals surface area contributed by atoms with Crippen LogP contribution in [0.4, 0.5) is 4.79 Å². The van der Waals surface area contributed by atoms with Crippen LogP contribution in [0.2, 0.25) is 0 Å². The SMILES string of the molecule is CCCC1CCC(COC(=O)C(C)(C)NC(=O)OC(C)(C)C)CC1. The van der Waals surface area contributed by atoms with Gasteiger partial charge in [0, 0.05) is 0 Å². The molecule has 0 aromatic rings. The standard InChI is InChI=1S/C19H35NO4/c1-7-8-14-9-11-15(12-10-14)13-23-16(21)19(5,6)20-17(22)24-18(2,3)4/h14-15H,7-13H2,1-6H3,(H,20,22). The fraction of sp³-hybridized carbons (Fsp3) is 0.895. The van der Waals surface area contributed by atoms with Crippen LogP contribution >= 0.6 is 0 Å². The van der Waals surface area contributed by atoms with E-state index in [1.807, 2.05) is 0 Å². The summed E-state index contributed by atoms with van der Waals surface area (Å²) in [6, 6.07) is 0. The molecule has 0 aliphatic heterocycles. The quantitative estimate of drug-likeness (QED) is 0.725. The van der Waals surface area contributed by atoms with E-state index in [0.29, 0.717) is 12.5 Å². The van der Waals surface area contributed by atoms with Crippen molar-refractivity contribution in [3.8, 4) is 0 Å². The van der Waals surface area contributed by atoms with Gasteiger partial charge in [-0.1, -0.05) is 32.6 Å². The third-order valence-electron chi connectivity index (χ3n) is 4.44. The third kappa shape index (κ3) is 7.54. The van der Waals surface area contributed by atoms with Crippen molar-refractivity contribution in [2.75, 3.05) is 6.61 Å². The number of amides is 1. The Morgan fingerprint density at radius 2 is 1.54 bits per heavy atom. The molecule has 0 unspecified atom stereocenters. The Morgan fingerprint density at radius 3 is 2.04 bits per heavy atom. The first-order chi connectivity index (χ1) is 11.0. The van der Waals surface area contributed by atoms with Gasteiger partial charge in [0.1, 0.15) is 11.1 Å². The first-order valence-electron chi connectivity index (χ1n) is 9.22. The highest BCUT2D eigenvalue weighted by Gasteiger charge is 2.34. The van der Waals surface area contributed by atoms with Crippen molar-refractivity contribution in [3.63, 3.8) is 0 Å². The van der Waals surface area contributed by atoms with E-state index in [4.69, 9.17) is 9.47 Å². The Morgan fingerprint density at radius 1 is 1.00 bits per heavy atom. The lowest BCUT2D eigenvalue weighted by Crippen LogP contribution is -2.52. The maximum absolute atomic E-state index is 12.3. The molecule has 0 heterocycles. The number of alkyl carbamates (subject to hydrolysis) is 1. The van der Waals surface area contributed by atoms with E-state index < -0.39 is 23.2 Å². The van der Waals surface area contributed by atoms with Gasteiger partial charge in [-0.25, -0.2) is 9.59 Å². The second-order valence-corrected chi connectivity index (χ2v) is 8.53.